The number of urea groups is 1. The number of hydrogen-bond donors (Lipinski definition) is 1. The molecule has 17 heavy (non-hydrogen) atoms. The zero-order valence-electron chi connectivity index (χ0n) is 10.6. The lowest BCUT2D eigenvalue weighted by Gasteiger charge is -2.29. The molecule has 1 aliphatic carbocycles. The Morgan fingerprint density at radius 1 is 1.18 bits per heavy atom. The van der Waals surface area contributed by atoms with Crippen LogP contribution in [0.3, 0.4) is 0 Å². The largest absolute Gasteiger partial charge is 0.335 e. The molecule has 2 amide bonds. The second kappa shape index (κ2) is 5.52. The monoisotopic (exact) mass is 238 g/mol. The maximum Gasteiger partial charge on any atom is 0.317 e. The molecule has 1 unspecified atom stereocenters. The van der Waals surface area contributed by atoms with Gasteiger partial charge in [0.2, 0.25) is 0 Å². The van der Waals surface area contributed by atoms with Gasteiger partial charge in [0.25, 0.3) is 0 Å². The van der Waals surface area contributed by atoms with Crippen molar-refractivity contribution in [1.82, 2.24) is 10.2 Å². The van der Waals surface area contributed by atoms with Crippen LogP contribution in [0.2, 0.25) is 0 Å². The number of amides is 2. The van der Waals surface area contributed by atoms with E-state index in [1.165, 1.54) is 6.42 Å². The minimum absolute atomic E-state index is 0.0423. The molecule has 0 spiro atoms. The summed E-state index contributed by atoms with van der Waals surface area (Å²) < 4.78 is 0. The average molecular weight is 238 g/mol. The molecule has 96 valence electrons. The van der Waals surface area contributed by atoms with Crippen molar-refractivity contribution in [2.24, 2.45) is 0 Å². The summed E-state index contributed by atoms with van der Waals surface area (Å²) in [6.07, 6.45) is 7.06. The first-order valence-electron chi connectivity index (χ1n) is 6.73. The molecule has 4 heteroatoms. The predicted octanol–water partition coefficient (Wildman–Crippen LogP) is 2.08. The smallest absolute Gasteiger partial charge is 0.317 e. The minimum Gasteiger partial charge on any atom is -0.335 e. The zero-order valence-corrected chi connectivity index (χ0v) is 10.6. The summed E-state index contributed by atoms with van der Waals surface area (Å²) in [5.74, 6) is 0.182. The van der Waals surface area contributed by atoms with E-state index in [0.717, 1.165) is 38.6 Å². The van der Waals surface area contributed by atoms with E-state index in [-0.39, 0.29) is 17.9 Å². The molecule has 0 radical (unpaired) electrons. The maximum atomic E-state index is 12.1. The van der Waals surface area contributed by atoms with Gasteiger partial charge in [-0.05, 0) is 32.6 Å². The molecule has 1 heterocycles. The maximum absolute atomic E-state index is 12.1. The first kappa shape index (κ1) is 12.4. The van der Waals surface area contributed by atoms with Crippen molar-refractivity contribution >= 4 is 11.8 Å². The normalized spacial score (nSPS) is 25.2. The molecule has 1 saturated heterocycles. The van der Waals surface area contributed by atoms with Gasteiger partial charge in [-0.1, -0.05) is 12.8 Å². The Morgan fingerprint density at radius 2 is 1.94 bits per heavy atom. The molecule has 1 saturated carbocycles. The molecule has 0 aromatic rings. The summed E-state index contributed by atoms with van der Waals surface area (Å²) in [7, 11) is 0. The van der Waals surface area contributed by atoms with Crippen molar-refractivity contribution in [2.75, 3.05) is 6.54 Å². The third-order valence-electron chi connectivity index (χ3n) is 3.57. The fourth-order valence-electron chi connectivity index (χ4n) is 2.47. The van der Waals surface area contributed by atoms with Crippen LogP contribution in [0.5, 0.6) is 0 Å². The van der Waals surface area contributed by atoms with Gasteiger partial charge < -0.3 is 10.2 Å². The molecule has 2 fully saturated rings. The second-order valence-corrected chi connectivity index (χ2v) is 5.33. The molecule has 1 atom stereocenters. The molecule has 1 aliphatic heterocycles. The third kappa shape index (κ3) is 3.72. The molecule has 2 aliphatic rings. The fourth-order valence-corrected chi connectivity index (χ4v) is 2.47. The van der Waals surface area contributed by atoms with Gasteiger partial charge >= 0.3 is 6.03 Å². The van der Waals surface area contributed by atoms with Gasteiger partial charge in [-0.15, -0.1) is 0 Å². The van der Waals surface area contributed by atoms with E-state index in [1.807, 2.05) is 4.90 Å². The summed E-state index contributed by atoms with van der Waals surface area (Å²) in [6.45, 7) is 2.42. The van der Waals surface area contributed by atoms with Gasteiger partial charge in [-0.3, -0.25) is 4.79 Å². The standard InChI is InChI=1S/C13H22N2O2/c1-10(16)9-12-5-3-2-4-8-15(12)13(17)14-11-6-7-11/h11-12H,2-9H2,1H3,(H,14,17). The first-order chi connectivity index (χ1) is 8.16. The lowest BCUT2D eigenvalue weighted by Crippen LogP contribution is -2.47. The van der Waals surface area contributed by atoms with E-state index in [9.17, 15) is 9.59 Å². The number of ketones is 1. The van der Waals surface area contributed by atoms with Gasteiger partial charge in [-0.25, -0.2) is 4.79 Å². The Balaban J connectivity index is 1.96. The number of rotatable bonds is 3. The number of Topliss-reactive ketones (excluding diaryl/α,β-unsaturated/α-hetero) is 1. The molecule has 0 aromatic heterocycles. The number of nitrogens with one attached hydrogen (secondary N) is 1. The topological polar surface area (TPSA) is 49.4 Å². The van der Waals surface area contributed by atoms with Crippen LogP contribution in [0.15, 0.2) is 0 Å². The Hall–Kier alpha value is -1.06. The molecule has 0 bridgehead atoms. The van der Waals surface area contributed by atoms with E-state index in [1.54, 1.807) is 6.92 Å². The van der Waals surface area contributed by atoms with Crippen molar-refractivity contribution in [3.05, 3.63) is 0 Å². The minimum atomic E-state index is 0.0423. The van der Waals surface area contributed by atoms with Crippen LogP contribution in [0.25, 0.3) is 0 Å². The summed E-state index contributed by atoms with van der Waals surface area (Å²) in [4.78, 5) is 25.3. The van der Waals surface area contributed by atoms with Crippen LogP contribution in [-0.2, 0) is 4.79 Å². The number of carbonyl (C=O) groups is 2. The van der Waals surface area contributed by atoms with Crippen molar-refractivity contribution < 1.29 is 9.59 Å². The lowest BCUT2D eigenvalue weighted by molar-refractivity contribution is -0.118. The fraction of sp³-hybridized carbons (Fsp3) is 0.846. The van der Waals surface area contributed by atoms with E-state index >= 15 is 0 Å². The molecule has 4 nitrogen and oxygen atoms in total. The summed E-state index contributed by atoms with van der Waals surface area (Å²) in [6, 6.07) is 0.554. The Bertz CT molecular complexity index is 300. The van der Waals surface area contributed by atoms with E-state index in [4.69, 9.17) is 0 Å². The zero-order chi connectivity index (χ0) is 12.3. The highest BCUT2D eigenvalue weighted by molar-refractivity contribution is 5.79. The van der Waals surface area contributed by atoms with Crippen LogP contribution in [-0.4, -0.2) is 35.3 Å². The second-order valence-electron chi connectivity index (χ2n) is 5.33. The van der Waals surface area contributed by atoms with Gasteiger partial charge in [0.05, 0.1) is 0 Å². The van der Waals surface area contributed by atoms with Crippen molar-refractivity contribution in [2.45, 2.75) is 64.0 Å². The van der Waals surface area contributed by atoms with Crippen LogP contribution < -0.4 is 5.32 Å². The van der Waals surface area contributed by atoms with E-state index in [2.05, 4.69) is 5.32 Å². The Labute approximate surface area is 103 Å². The summed E-state index contributed by atoms with van der Waals surface area (Å²) in [5.41, 5.74) is 0. The molecular formula is C13H22N2O2. The van der Waals surface area contributed by atoms with Crippen LogP contribution in [0.4, 0.5) is 4.79 Å². The SMILES string of the molecule is CC(=O)CC1CCCCCN1C(=O)NC1CC1. The lowest BCUT2D eigenvalue weighted by atomic mass is 10.0. The van der Waals surface area contributed by atoms with Crippen LogP contribution >= 0.6 is 0 Å². The summed E-state index contributed by atoms with van der Waals surface area (Å²) in [5, 5.41) is 3.03. The van der Waals surface area contributed by atoms with E-state index in [0.29, 0.717) is 12.5 Å². The quantitative estimate of drug-likeness (QED) is 0.818. The van der Waals surface area contributed by atoms with Gasteiger partial charge in [-0.2, -0.15) is 0 Å². The van der Waals surface area contributed by atoms with Crippen molar-refractivity contribution in [1.29, 1.82) is 0 Å². The summed E-state index contributed by atoms with van der Waals surface area (Å²) >= 11 is 0. The van der Waals surface area contributed by atoms with Gasteiger partial charge in [0, 0.05) is 25.0 Å². The highest BCUT2D eigenvalue weighted by Gasteiger charge is 2.30. The van der Waals surface area contributed by atoms with E-state index < -0.39 is 0 Å². The van der Waals surface area contributed by atoms with Crippen LogP contribution in [0.1, 0.15) is 51.9 Å². The van der Waals surface area contributed by atoms with Crippen molar-refractivity contribution in [3.63, 3.8) is 0 Å². The highest BCUT2D eigenvalue weighted by Crippen LogP contribution is 2.22. The molecular weight excluding hydrogens is 216 g/mol. The number of nitrogens with zero attached hydrogens (tertiary/aromatic N) is 1. The first-order valence-corrected chi connectivity index (χ1v) is 6.73. The van der Waals surface area contributed by atoms with Gasteiger partial charge in [0.15, 0.2) is 0 Å². The predicted molar refractivity (Wildman–Crippen MR) is 65.8 cm³/mol. The Kier molecular flexibility index (Phi) is 4.02. The average Bonchev–Trinajstić information content (AvgIpc) is 3.04. The number of likely N-dealkylation sites (tertiary alicyclic amines) is 1. The molecule has 1 N–H and O–H groups in total. The van der Waals surface area contributed by atoms with Crippen LogP contribution in [0, 0.1) is 0 Å². The number of hydrogen-bond acceptors (Lipinski definition) is 2. The van der Waals surface area contributed by atoms with Gasteiger partial charge in [0.1, 0.15) is 5.78 Å². The third-order valence-corrected chi connectivity index (χ3v) is 3.57. The number of carbonyl (C=O) groups excluding carboxylic acids is 2. The molecule has 0 aromatic carbocycles. The highest BCUT2D eigenvalue weighted by atomic mass is 16.2. The molecule has 2 rings (SSSR count). The van der Waals surface area contributed by atoms with Crippen molar-refractivity contribution in [3.8, 4) is 0 Å². The Morgan fingerprint density at radius 3 is 2.59 bits per heavy atom.